The van der Waals surface area contributed by atoms with Crippen LogP contribution in [0.4, 0.5) is 0 Å². The maximum atomic E-state index is 6.11. The summed E-state index contributed by atoms with van der Waals surface area (Å²) in [6, 6.07) is 9.79. The van der Waals surface area contributed by atoms with Gasteiger partial charge < -0.3 is 10.1 Å². The van der Waals surface area contributed by atoms with Crippen LogP contribution < -0.4 is 10.1 Å². The van der Waals surface area contributed by atoms with Gasteiger partial charge in [0.25, 0.3) is 0 Å². The largest absolute Gasteiger partial charge is 0.481 e. The Balaban J connectivity index is 2.19. The molecular weight excluding hydrogens is 307 g/mol. The van der Waals surface area contributed by atoms with Crippen molar-refractivity contribution in [3.8, 4) is 5.88 Å². The molecule has 2 rings (SSSR count). The minimum Gasteiger partial charge on any atom is -0.481 e. The molecule has 3 nitrogen and oxygen atoms in total. The van der Waals surface area contributed by atoms with E-state index in [1.54, 1.807) is 7.11 Å². The van der Waals surface area contributed by atoms with Gasteiger partial charge in [-0.2, -0.15) is 0 Å². The third kappa shape index (κ3) is 4.34. The Hall–Kier alpha value is -1.29. The van der Waals surface area contributed by atoms with Crippen molar-refractivity contribution >= 4 is 23.2 Å². The number of ether oxygens (including phenoxy) is 1. The van der Waals surface area contributed by atoms with E-state index in [2.05, 4.69) is 17.2 Å². The minimum atomic E-state index is 0.167. The summed E-state index contributed by atoms with van der Waals surface area (Å²) in [6.45, 7) is 2.95. The van der Waals surface area contributed by atoms with Crippen LogP contribution in [-0.2, 0) is 6.42 Å². The van der Waals surface area contributed by atoms with E-state index in [4.69, 9.17) is 27.9 Å². The van der Waals surface area contributed by atoms with Gasteiger partial charge in [-0.3, -0.25) is 0 Å². The molecule has 0 bridgehead atoms. The van der Waals surface area contributed by atoms with Crippen molar-refractivity contribution < 1.29 is 4.74 Å². The number of pyridine rings is 1. The zero-order valence-corrected chi connectivity index (χ0v) is 13.6. The smallest absolute Gasteiger partial charge is 0.212 e. The number of methoxy groups -OCH3 is 1. The summed E-state index contributed by atoms with van der Waals surface area (Å²) in [4.78, 5) is 4.24. The van der Waals surface area contributed by atoms with E-state index in [9.17, 15) is 0 Å². The molecule has 2 aromatic rings. The normalized spacial score (nSPS) is 12.2. The topological polar surface area (TPSA) is 34.1 Å². The van der Waals surface area contributed by atoms with E-state index in [0.29, 0.717) is 15.9 Å². The van der Waals surface area contributed by atoms with Gasteiger partial charge in [0.1, 0.15) is 0 Å². The molecule has 1 heterocycles. The Morgan fingerprint density at radius 1 is 1.19 bits per heavy atom. The first-order chi connectivity index (χ1) is 10.1. The fourth-order valence-corrected chi connectivity index (χ4v) is 2.48. The van der Waals surface area contributed by atoms with Crippen LogP contribution in [0.5, 0.6) is 5.88 Å². The van der Waals surface area contributed by atoms with Gasteiger partial charge in [-0.05, 0) is 36.2 Å². The number of hydrogen-bond acceptors (Lipinski definition) is 3. The number of halogens is 2. The van der Waals surface area contributed by atoms with E-state index in [0.717, 1.165) is 24.1 Å². The number of likely N-dealkylation sites (N-methyl/N-ethyl adjacent to an activating group) is 1. The highest BCUT2D eigenvalue weighted by atomic mass is 35.5. The van der Waals surface area contributed by atoms with Crippen LogP contribution in [0.3, 0.4) is 0 Å². The second kappa shape index (κ2) is 7.64. The molecule has 1 N–H and O–H groups in total. The van der Waals surface area contributed by atoms with Crippen LogP contribution in [0.2, 0.25) is 10.0 Å². The summed E-state index contributed by atoms with van der Waals surface area (Å²) in [7, 11) is 1.61. The fraction of sp³-hybridized carbons (Fsp3) is 0.312. The molecule has 0 saturated heterocycles. The Morgan fingerprint density at radius 3 is 2.57 bits per heavy atom. The van der Waals surface area contributed by atoms with Crippen LogP contribution in [0, 0.1) is 0 Å². The number of aromatic nitrogens is 1. The van der Waals surface area contributed by atoms with Crippen LogP contribution in [-0.4, -0.2) is 18.6 Å². The van der Waals surface area contributed by atoms with Crippen LogP contribution >= 0.6 is 23.2 Å². The molecule has 1 aromatic heterocycles. The van der Waals surface area contributed by atoms with Crippen molar-refractivity contribution in [1.82, 2.24) is 10.3 Å². The number of hydrogen-bond donors (Lipinski definition) is 1. The molecular formula is C16H18Cl2N2O. The van der Waals surface area contributed by atoms with Gasteiger partial charge in [-0.25, -0.2) is 4.98 Å². The third-order valence-electron chi connectivity index (χ3n) is 3.24. The van der Waals surface area contributed by atoms with Crippen molar-refractivity contribution in [2.24, 2.45) is 0 Å². The van der Waals surface area contributed by atoms with Gasteiger partial charge in [0.05, 0.1) is 17.2 Å². The lowest BCUT2D eigenvalue weighted by molar-refractivity contribution is 0.397. The number of benzene rings is 1. The summed E-state index contributed by atoms with van der Waals surface area (Å²) < 4.78 is 5.08. The third-order valence-corrected chi connectivity index (χ3v) is 3.98. The maximum Gasteiger partial charge on any atom is 0.212 e. The van der Waals surface area contributed by atoms with E-state index >= 15 is 0 Å². The average molecular weight is 325 g/mol. The van der Waals surface area contributed by atoms with Crippen molar-refractivity contribution in [2.75, 3.05) is 13.7 Å². The molecule has 1 aromatic carbocycles. The molecule has 0 saturated carbocycles. The summed E-state index contributed by atoms with van der Waals surface area (Å²) >= 11 is 12.1. The Morgan fingerprint density at radius 2 is 2.00 bits per heavy atom. The Kier molecular flexibility index (Phi) is 5.85. The van der Waals surface area contributed by atoms with Gasteiger partial charge in [-0.15, -0.1) is 0 Å². The average Bonchev–Trinajstić information content (AvgIpc) is 2.50. The SMILES string of the molecule is CCNC(Cc1ccc(OC)nc1)c1ccc(Cl)c(Cl)c1. The number of nitrogens with one attached hydrogen (secondary N) is 1. The molecule has 0 aliphatic rings. The zero-order chi connectivity index (χ0) is 15.2. The lowest BCUT2D eigenvalue weighted by Gasteiger charge is -2.19. The monoisotopic (exact) mass is 324 g/mol. The molecule has 0 amide bonds. The predicted octanol–water partition coefficient (Wildman–Crippen LogP) is 4.29. The van der Waals surface area contributed by atoms with Crippen LogP contribution in [0.15, 0.2) is 36.5 Å². The predicted molar refractivity (Wildman–Crippen MR) is 87.4 cm³/mol. The van der Waals surface area contributed by atoms with E-state index in [1.165, 1.54) is 0 Å². The van der Waals surface area contributed by atoms with Crippen LogP contribution in [0.1, 0.15) is 24.1 Å². The lowest BCUT2D eigenvalue weighted by Crippen LogP contribution is -2.23. The van der Waals surface area contributed by atoms with Crippen molar-refractivity contribution in [3.05, 3.63) is 57.7 Å². The summed E-state index contributed by atoms with van der Waals surface area (Å²) in [5.74, 6) is 0.619. The Labute approximate surface area is 135 Å². The van der Waals surface area contributed by atoms with Gasteiger partial charge in [-0.1, -0.05) is 42.3 Å². The van der Waals surface area contributed by atoms with E-state index in [1.807, 2.05) is 36.5 Å². The highest BCUT2D eigenvalue weighted by Crippen LogP contribution is 2.27. The molecule has 0 spiro atoms. The molecule has 1 unspecified atom stereocenters. The first kappa shape index (κ1) is 16.1. The molecule has 0 aliphatic heterocycles. The first-order valence-electron chi connectivity index (χ1n) is 6.81. The van der Waals surface area contributed by atoms with Gasteiger partial charge in [0.2, 0.25) is 5.88 Å². The highest BCUT2D eigenvalue weighted by Gasteiger charge is 2.13. The molecule has 112 valence electrons. The van der Waals surface area contributed by atoms with Crippen molar-refractivity contribution in [2.45, 2.75) is 19.4 Å². The van der Waals surface area contributed by atoms with Gasteiger partial charge in [0.15, 0.2) is 0 Å². The number of rotatable bonds is 6. The molecule has 1 atom stereocenters. The summed E-state index contributed by atoms with van der Waals surface area (Å²) in [6.07, 6.45) is 2.66. The van der Waals surface area contributed by atoms with Crippen molar-refractivity contribution in [3.63, 3.8) is 0 Å². The number of nitrogens with zero attached hydrogens (tertiary/aromatic N) is 1. The minimum absolute atomic E-state index is 0.167. The van der Waals surface area contributed by atoms with Gasteiger partial charge in [0, 0.05) is 18.3 Å². The molecule has 0 aliphatic carbocycles. The van der Waals surface area contributed by atoms with E-state index in [-0.39, 0.29) is 6.04 Å². The molecule has 0 radical (unpaired) electrons. The summed E-state index contributed by atoms with van der Waals surface area (Å²) in [5, 5.41) is 4.61. The first-order valence-corrected chi connectivity index (χ1v) is 7.57. The summed E-state index contributed by atoms with van der Waals surface area (Å²) in [5.41, 5.74) is 2.25. The molecule has 0 fully saturated rings. The zero-order valence-electron chi connectivity index (χ0n) is 12.1. The lowest BCUT2D eigenvalue weighted by atomic mass is 10.00. The molecule has 5 heteroatoms. The highest BCUT2D eigenvalue weighted by molar-refractivity contribution is 6.42. The molecule has 21 heavy (non-hydrogen) atoms. The van der Waals surface area contributed by atoms with Gasteiger partial charge >= 0.3 is 0 Å². The fourth-order valence-electron chi connectivity index (χ4n) is 2.17. The standard InChI is InChI=1S/C16H18Cl2N2O/c1-3-19-15(12-5-6-13(17)14(18)9-12)8-11-4-7-16(21-2)20-10-11/h4-7,9-10,15,19H,3,8H2,1-2H3. The second-order valence-electron chi connectivity index (χ2n) is 4.70. The van der Waals surface area contributed by atoms with E-state index < -0.39 is 0 Å². The van der Waals surface area contributed by atoms with Crippen LogP contribution in [0.25, 0.3) is 0 Å². The van der Waals surface area contributed by atoms with Crippen molar-refractivity contribution in [1.29, 1.82) is 0 Å². The Bertz CT molecular complexity index is 587. The quantitative estimate of drug-likeness (QED) is 0.860. The second-order valence-corrected chi connectivity index (χ2v) is 5.51. The maximum absolute atomic E-state index is 6.11.